The van der Waals surface area contributed by atoms with E-state index in [1.54, 1.807) is 18.4 Å². The summed E-state index contributed by atoms with van der Waals surface area (Å²) in [5, 5.41) is 5.21. The third-order valence-corrected chi connectivity index (χ3v) is 5.53. The third-order valence-electron chi connectivity index (χ3n) is 4.60. The van der Waals surface area contributed by atoms with Crippen LogP contribution in [0.4, 0.5) is 0 Å². The number of hydrogen-bond acceptors (Lipinski definition) is 3. The van der Waals surface area contributed by atoms with E-state index in [1.165, 1.54) is 17.7 Å². The molecule has 2 heterocycles. The summed E-state index contributed by atoms with van der Waals surface area (Å²) < 4.78 is 30.9. The van der Waals surface area contributed by atoms with Crippen LogP contribution in [0.3, 0.4) is 0 Å². The maximum absolute atomic E-state index is 11.5. The van der Waals surface area contributed by atoms with Gasteiger partial charge in [-0.3, -0.25) is 0 Å². The van der Waals surface area contributed by atoms with Crippen molar-refractivity contribution in [2.24, 2.45) is 10.6 Å². The van der Waals surface area contributed by atoms with Crippen molar-refractivity contribution in [2.45, 2.75) is 39.0 Å². The second-order valence-corrected chi connectivity index (χ2v) is 8.68. The summed E-state index contributed by atoms with van der Waals surface area (Å²) in [6.07, 6.45) is 6.72. The highest BCUT2D eigenvalue weighted by Gasteiger charge is 2.23. The smallest absolute Gasteiger partial charge is 0.238 e. The zero-order chi connectivity index (χ0) is 19.1. The Kier molecular flexibility index (Phi) is 4.58. The summed E-state index contributed by atoms with van der Waals surface area (Å²) in [7, 11) is -3.71. The largest absolute Gasteiger partial charge is 0.463 e. The van der Waals surface area contributed by atoms with E-state index in [0.717, 1.165) is 29.3 Å². The predicted molar refractivity (Wildman–Crippen MR) is 103 cm³/mol. The Bertz CT molecular complexity index is 994. The molecule has 5 nitrogen and oxygen atoms in total. The molecule has 2 N–H and O–H groups in total. The van der Waals surface area contributed by atoms with Gasteiger partial charge in [0.05, 0.1) is 16.9 Å². The lowest BCUT2D eigenvalue weighted by molar-refractivity contribution is 0.396. The standard InChI is InChI=1S/C20H24N2O3S/c1-5-15-12-18(19-13-20(3,4)10-11-25-19)22(14(15)2)16-6-8-17(9-7-16)26(21,23)24/h6-13H,5H2,1-4H3,(H2,21,23,24). The third kappa shape index (κ3) is 3.48. The van der Waals surface area contributed by atoms with E-state index < -0.39 is 10.0 Å². The number of ether oxygens (including phenoxy) is 1. The number of primary sulfonamides is 1. The van der Waals surface area contributed by atoms with Gasteiger partial charge in [0.25, 0.3) is 0 Å². The molecule has 0 saturated carbocycles. The SMILES string of the molecule is CCc1cc(C2=CC(C)(C)C=CO2)n(-c2ccc(S(N)(=O)=O)cc2)c1C. The zero-order valence-electron chi connectivity index (χ0n) is 15.5. The average molecular weight is 372 g/mol. The van der Waals surface area contributed by atoms with Gasteiger partial charge in [0.2, 0.25) is 10.0 Å². The maximum atomic E-state index is 11.5. The van der Waals surface area contributed by atoms with E-state index in [4.69, 9.17) is 9.88 Å². The minimum atomic E-state index is -3.71. The number of benzene rings is 1. The first-order valence-corrected chi connectivity index (χ1v) is 10.1. The van der Waals surface area contributed by atoms with Crippen molar-refractivity contribution < 1.29 is 13.2 Å². The van der Waals surface area contributed by atoms with Crippen molar-refractivity contribution in [3.05, 3.63) is 65.7 Å². The number of hydrogen-bond donors (Lipinski definition) is 1. The van der Waals surface area contributed by atoms with Crippen molar-refractivity contribution >= 4 is 15.8 Å². The Morgan fingerprint density at radius 1 is 1.19 bits per heavy atom. The molecule has 0 atom stereocenters. The molecule has 0 radical (unpaired) electrons. The molecule has 1 aliphatic rings. The van der Waals surface area contributed by atoms with E-state index in [9.17, 15) is 8.42 Å². The lowest BCUT2D eigenvalue weighted by atomic mass is 9.91. The summed E-state index contributed by atoms with van der Waals surface area (Å²) >= 11 is 0. The Balaban J connectivity index is 2.16. The number of rotatable bonds is 4. The molecule has 0 fully saturated rings. The van der Waals surface area contributed by atoms with Crippen LogP contribution < -0.4 is 5.14 Å². The molecule has 1 aromatic heterocycles. The molecular formula is C20H24N2O3S. The van der Waals surface area contributed by atoms with Crippen molar-refractivity contribution in [1.29, 1.82) is 0 Å². The lowest BCUT2D eigenvalue weighted by Gasteiger charge is -2.23. The van der Waals surface area contributed by atoms with E-state index in [-0.39, 0.29) is 10.3 Å². The first-order chi connectivity index (χ1) is 12.1. The van der Waals surface area contributed by atoms with Crippen molar-refractivity contribution in [1.82, 2.24) is 4.57 Å². The maximum Gasteiger partial charge on any atom is 0.238 e. The number of nitrogens with zero attached hydrogens (tertiary/aromatic N) is 1. The van der Waals surface area contributed by atoms with Gasteiger partial charge in [-0.05, 0) is 61.4 Å². The highest BCUT2D eigenvalue weighted by molar-refractivity contribution is 7.89. The van der Waals surface area contributed by atoms with E-state index in [0.29, 0.717) is 0 Å². The van der Waals surface area contributed by atoms with Crippen LogP contribution in [-0.4, -0.2) is 13.0 Å². The summed E-state index contributed by atoms with van der Waals surface area (Å²) in [5.74, 6) is 0.788. The van der Waals surface area contributed by atoms with Crippen LogP contribution in [0.25, 0.3) is 11.4 Å². The molecule has 1 aliphatic heterocycles. The molecule has 0 aliphatic carbocycles. The van der Waals surface area contributed by atoms with Crippen LogP contribution in [0.15, 0.2) is 53.6 Å². The first-order valence-electron chi connectivity index (χ1n) is 8.54. The molecule has 26 heavy (non-hydrogen) atoms. The lowest BCUT2D eigenvalue weighted by Crippen LogP contribution is -2.13. The topological polar surface area (TPSA) is 74.3 Å². The van der Waals surface area contributed by atoms with Crippen molar-refractivity contribution in [2.75, 3.05) is 0 Å². The number of nitrogens with two attached hydrogens (primary N) is 1. The summed E-state index contributed by atoms with van der Waals surface area (Å²) in [5.41, 5.74) is 4.03. The fourth-order valence-electron chi connectivity index (χ4n) is 3.15. The van der Waals surface area contributed by atoms with Crippen LogP contribution >= 0.6 is 0 Å². The molecule has 1 aromatic carbocycles. The molecule has 0 bridgehead atoms. The average Bonchev–Trinajstić information content (AvgIpc) is 2.90. The predicted octanol–water partition coefficient (Wildman–Crippen LogP) is 3.91. The quantitative estimate of drug-likeness (QED) is 0.884. The van der Waals surface area contributed by atoms with Gasteiger partial charge in [0.1, 0.15) is 5.76 Å². The molecule has 6 heteroatoms. The number of allylic oxidation sites excluding steroid dienone is 2. The highest BCUT2D eigenvalue weighted by atomic mass is 32.2. The zero-order valence-corrected chi connectivity index (χ0v) is 16.3. The van der Waals surface area contributed by atoms with Crippen LogP contribution in [0.5, 0.6) is 0 Å². The minimum absolute atomic E-state index is 0.0968. The molecular weight excluding hydrogens is 348 g/mol. The number of sulfonamides is 1. The molecule has 0 saturated heterocycles. The van der Waals surface area contributed by atoms with Crippen molar-refractivity contribution in [3.63, 3.8) is 0 Å². The van der Waals surface area contributed by atoms with Gasteiger partial charge < -0.3 is 9.30 Å². The van der Waals surface area contributed by atoms with Crippen LogP contribution in [0.2, 0.25) is 0 Å². The van der Waals surface area contributed by atoms with Gasteiger partial charge >= 0.3 is 0 Å². The Morgan fingerprint density at radius 3 is 2.38 bits per heavy atom. The van der Waals surface area contributed by atoms with E-state index >= 15 is 0 Å². The highest BCUT2D eigenvalue weighted by Crippen LogP contribution is 2.34. The van der Waals surface area contributed by atoms with Crippen LogP contribution in [0.1, 0.15) is 37.7 Å². The summed E-state index contributed by atoms with van der Waals surface area (Å²) in [6, 6.07) is 8.71. The number of aryl methyl sites for hydroxylation is 1. The Labute approximate surface area is 154 Å². The monoisotopic (exact) mass is 372 g/mol. The van der Waals surface area contributed by atoms with Crippen molar-refractivity contribution in [3.8, 4) is 5.69 Å². The normalized spacial score (nSPS) is 16.3. The summed E-state index contributed by atoms with van der Waals surface area (Å²) in [4.78, 5) is 0.0977. The first kappa shape index (κ1) is 18.5. The van der Waals surface area contributed by atoms with Crippen LogP contribution in [0, 0.1) is 12.3 Å². The van der Waals surface area contributed by atoms with Gasteiger partial charge in [-0.1, -0.05) is 20.8 Å². The van der Waals surface area contributed by atoms with Gasteiger partial charge in [-0.2, -0.15) is 0 Å². The fraction of sp³-hybridized carbons (Fsp3) is 0.300. The molecule has 138 valence electrons. The second-order valence-electron chi connectivity index (χ2n) is 7.12. The second kappa shape index (κ2) is 6.45. The molecule has 0 unspecified atom stereocenters. The van der Waals surface area contributed by atoms with Crippen LogP contribution in [-0.2, 0) is 21.2 Å². The van der Waals surface area contributed by atoms with E-state index in [2.05, 4.69) is 44.4 Å². The van der Waals surface area contributed by atoms with E-state index in [1.807, 2.05) is 6.08 Å². The summed E-state index contributed by atoms with van der Waals surface area (Å²) in [6.45, 7) is 8.41. The minimum Gasteiger partial charge on any atom is -0.463 e. The number of aromatic nitrogens is 1. The molecule has 0 amide bonds. The Hall–Kier alpha value is -2.31. The fourth-order valence-corrected chi connectivity index (χ4v) is 3.67. The van der Waals surface area contributed by atoms with Gasteiger partial charge in [0, 0.05) is 16.8 Å². The molecule has 2 aromatic rings. The molecule has 3 rings (SSSR count). The molecule has 0 spiro atoms. The van der Waals surface area contributed by atoms with Gasteiger partial charge in [0.15, 0.2) is 0 Å². The van der Waals surface area contributed by atoms with Gasteiger partial charge in [-0.25, -0.2) is 13.6 Å². The Morgan fingerprint density at radius 2 is 1.85 bits per heavy atom. The van der Waals surface area contributed by atoms with Gasteiger partial charge in [-0.15, -0.1) is 0 Å².